The maximum atomic E-state index is 11.9. The molecule has 0 nitrogen and oxygen atoms in total. The summed E-state index contributed by atoms with van der Waals surface area (Å²) >= 11 is 0. The fourth-order valence-corrected chi connectivity index (χ4v) is 0.476. The fraction of sp³-hybridized carbons (Fsp3) is 0.600. The smallest absolute Gasteiger partial charge is 0.233 e. The van der Waals surface area contributed by atoms with E-state index in [9.17, 15) is 17.6 Å². The lowest BCUT2D eigenvalue weighted by molar-refractivity contribution is -0.168. The lowest BCUT2D eigenvalue weighted by atomic mass is 10.3. The van der Waals surface area contributed by atoms with Gasteiger partial charge in [0.05, 0.1) is 0 Å². The molecule has 0 saturated heterocycles. The molecule has 52 valence electrons. The number of rotatable bonds is 1. The lowest BCUT2D eigenvalue weighted by Gasteiger charge is -2.07. The van der Waals surface area contributed by atoms with E-state index in [4.69, 9.17) is 0 Å². The van der Waals surface area contributed by atoms with Gasteiger partial charge >= 0.3 is 6.18 Å². The highest BCUT2D eigenvalue weighted by Gasteiger charge is 2.44. The van der Waals surface area contributed by atoms with E-state index in [0.717, 1.165) is 0 Å². The summed E-state index contributed by atoms with van der Waals surface area (Å²) in [5.41, 5.74) is -0.137. The molecule has 1 aliphatic rings. The number of hydrogen-bond donors (Lipinski definition) is 0. The van der Waals surface area contributed by atoms with Crippen molar-refractivity contribution in [2.75, 3.05) is 0 Å². The molecule has 1 atom stereocenters. The molecular weight excluding hydrogens is 136 g/mol. The normalized spacial score (nSPS) is 21.1. The molecule has 0 aromatic heterocycles. The van der Waals surface area contributed by atoms with Crippen molar-refractivity contribution in [3.63, 3.8) is 0 Å². The molecule has 0 bridgehead atoms. The molecule has 0 spiro atoms. The number of allylic oxidation sites excluding steroid dienone is 2. The Balaban J connectivity index is 2.50. The monoisotopic (exact) mass is 140 g/mol. The van der Waals surface area contributed by atoms with Gasteiger partial charge in [0.2, 0.25) is 6.17 Å². The summed E-state index contributed by atoms with van der Waals surface area (Å²) < 4.78 is 45.9. The summed E-state index contributed by atoms with van der Waals surface area (Å²) in [5.74, 6) is 0. The van der Waals surface area contributed by atoms with E-state index in [-0.39, 0.29) is 12.0 Å². The van der Waals surface area contributed by atoms with Crippen LogP contribution in [0.2, 0.25) is 0 Å². The van der Waals surface area contributed by atoms with Crippen LogP contribution in [0.25, 0.3) is 0 Å². The summed E-state index contributed by atoms with van der Waals surface area (Å²) in [6, 6.07) is 0. The van der Waals surface area contributed by atoms with Gasteiger partial charge in [-0.25, -0.2) is 4.39 Å². The summed E-state index contributed by atoms with van der Waals surface area (Å²) in [6.07, 6.45) is -5.99. The van der Waals surface area contributed by atoms with Crippen LogP contribution in [0.5, 0.6) is 0 Å². The van der Waals surface area contributed by atoms with E-state index >= 15 is 0 Å². The number of halogens is 4. The predicted octanol–water partition coefficient (Wildman–Crippen LogP) is 2.22. The highest BCUT2D eigenvalue weighted by Crippen LogP contribution is 2.35. The van der Waals surface area contributed by atoms with Crippen LogP contribution < -0.4 is 0 Å². The van der Waals surface area contributed by atoms with Crippen molar-refractivity contribution in [1.82, 2.24) is 0 Å². The molecular formula is C5H4F4. The van der Waals surface area contributed by atoms with Crippen molar-refractivity contribution in [2.24, 2.45) is 0 Å². The second-order valence-electron chi connectivity index (χ2n) is 1.89. The minimum atomic E-state index is -4.69. The topological polar surface area (TPSA) is 0 Å². The van der Waals surface area contributed by atoms with E-state index in [1.54, 1.807) is 0 Å². The fourth-order valence-electron chi connectivity index (χ4n) is 0.476. The largest absolute Gasteiger partial charge is 0.423 e. The quantitative estimate of drug-likeness (QED) is 0.387. The third-order valence-electron chi connectivity index (χ3n) is 1.05. The van der Waals surface area contributed by atoms with Crippen LogP contribution in [0.1, 0.15) is 6.42 Å². The van der Waals surface area contributed by atoms with Crippen LogP contribution in [0, 0.1) is 0 Å². The molecule has 0 aromatic carbocycles. The van der Waals surface area contributed by atoms with Gasteiger partial charge in [0.1, 0.15) is 0 Å². The van der Waals surface area contributed by atoms with Crippen molar-refractivity contribution in [3.05, 3.63) is 11.6 Å². The average molecular weight is 140 g/mol. The van der Waals surface area contributed by atoms with Crippen molar-refractivity contribution < 1.29 is 17.6 Å². The lowest BCUT2D eigenvalue weighted by Crippen LogP contribution is -2.23. The van der Waals surface area contributed by atoms with E-state index in [1.165, 1.54) is 6.08 Å². The first kappa shape index (κ1) is 6.58. The molecule has 0 amide bonds. The van der Waals surface area contributed by atoms with Crippen LogP contribution in [-0.2, 0) is 0 Å². The molecule has 1 aliphatic carbocycles. The van der Waals surface area contributed by atoms with Crippen molar-refractivity contribution in [2.45, 2.75) is 18.8 Å². The molecule has 1 rings (SSSR count). The highest BCUT2D eigenvalue weighted by atomic mass is 19.4. The van der Waals surface area contributed by atoms with Crippen molar-refractivity contribution >= 4 is 0 Å². The van der Waals surface area contributed by atoms with Crippen LogP contribution in [0.15, 0.2) is 11.6 Å². The first-order valence-electron chi connectivity index (χ1n) is 2.41. The Morgan fingerprint density at radius 2 is 1.89 bits per heavy atom. The zero-order valence-electron chi connectivity index (χ0n) is 4.37. The second kappa shape index (κ2) is 1.72. The minimum Gasteiger partial charge on any atom is -0.233 e. The van der Waals surface area contributed by atoms with E-state index < -0.39 is 12.3 Å². The Kier molecular flexibility index (Phi) is 1.26. The molecule has 1 unspecified atom stereocenters. The maximum absolute atomic E-state index is 11.9. The van der Waals surface area contributed by atoms with Crippen LogP contribution in [0.3, 0.4) is 0 Å². The van der Waals surface area contributed by atoms with Gasteiger partial charge in [0.25, 0.3) is 0 Å². The third kappa shape index (κ3) is 1.43. The Morgan fingerprint density at radius 1 is 1.44 bits per heavy atom. The SMILES string of the molecule is FC(C1=CC1)C(F)(F)F. The van der Waals surface area contributed by atoms with Gasteiger partial charge in [0.15, 0.2) is 0 Å². The van der Waals surface area contributed by atoms with Crippen molar-refractivity contribution in [1.29, 1.82) is 0 Å². The Bertz CT molecular complexity index is 144. The Labute approximate surface area is 49.2 Å². The van der Waals surface area contributed by atoms with Gasteiger partial charge in [-0.05, 0) is 12.0 Å². The zero-order valence-corrected chi connectivity index (χ0v) is 4.37. The van der Waals surface area contributed by atoms with Gasteiger partial charge in [-0.1, -0.05) is 6.08 Å². The molecule has 0 aromatic rings. The number of hydrogen-bond acceptors (Lipinski definition) is 0. The van der Waals surface area contributed by atoms with Gasteiger partial charge in [-0.3, -0.25) is 0 Å². The Hall–Kier alpha value is -0.540. The first-order chi connectivity index (χ1) is 4.02. The van der Waals surface area contributed by atoms with Crippen LogP contribution >= 0.6 is 0 Å². The van der Waals surface area contributed by atoms with Crippen LogP contribution in [-0.4, -0.2) is 12.3 Å². The summed E-state index contributed by atoms with van der Waals surface area (Å²) in [6.45, 7) is 0. The third-order valence-corrected chi connectivity index (χ3v) is 1.05. The Morgan fingerprint density at radius 3 is 2.00 bits per heavy atom. The molecule has 0 saturated carbocycles. The summed E-state index contributed by atoms with van der Waals surface area (Å²) in [5, 5.41) is 0. The van der Waals surface area contributed by atoms with Crippen LogP contribution in [0.4, 0.5) is 17.6 Å². The summed E-state index contributed by atoms with van der Waals surface area (Å²) in [4.78, 5) is 0. The van der Waals surface area contributed by atoms with E-state index in [0.29, 0.717) is 0 Å². The van der Waals surface area contributed by atoms with Gasteiger partial charge < -0.3 is 0 Å². The van der Waals surface area contributed by atoms with Gasteiger partial charge in [-0.2, -0.15) is 13.2 Å². The molecule has 0 heterocycles. The molecule has 9 heavy (non-hydrogen) atoms. The molecule has 0 radical (unpaired) electrons. The molecule has 0 fully saturated rings. The molecule has 4 heteroatoms. The highest BCUT2D eigenvalue weighted by molar-refractivity contribution is 5.27. The maximum Gasteiger partial charge on any atom is 0.423 e. The standard InChI is InChI=1S/C5H4F4/c6-4(3-1-2-3)5(7,8)9/h1,4H,2H2. The molecule has 0 aliphatic heterocycles. The average Bonchev–Trinajstić information content (AvgIpc) is 2.40. The predicted molar refractivity (Wildman–Crippen MR) is 23.7 cm³/mol. The zero-order chi connectivity index (χ0) is 7.07. The van der Waals surface area contributed by atoms with E-state index in [1.807, 2.05) is 0 Å². The second-order valence-corrected chi connectivity index (χ2v) is 1.89. The minimum absolute atomic E-state index is 0.137. The number of alkyl halides is 4. The molecule has 0 N–H and O–H groups in total. The van der Waals surface area contributed by atoms with Gasteiger partial charge in [-0.15, -0.1) is 0 Å². The van der Waals surface area contributed by atoms with Gasteiger partial charge in [0, 0.05) is 0 Å². The van der Waals surface area contributed by atoms with E-state index in [2.05, 4.69) is 0 Å². The first-order valence-corrected chi connectivity index (χ1v) is 2.41. The van der Waals surface area contributed by atoms with Crippen molar-refractivity contribution in [3.8, 4) is 0 Å². The summed E-state index contributed by atoms with van der Waals surface area (Å²) in [7, 11) is 0.